The number of hydrogen-bond donors (Lipinski definition) is 2. The first-order valence-electron chi connectivity index (χ1n) is 5.44. The number of hydrogen-bond acceptors (Lipinski definition) is 4. The fraction of sp³-hybridized carbons (Fsp3) is 0.231. The topological polar surface area (TPSA) is 80.4 Å². The Morgan fingerprint density at radius 3 is 2.78 bits per heavy atom. The molecule has 0 spiro atoms. The van der Waals surface area contributed by atoms with Gasteiger partial charge in [0.2, 0.25) is 0 Å². The van der Waals surface area contributed by atoms with Crippen molar-refractivity contribution in [3.05, 3.63) is 35.4 Å². The number of carboxylic acids is 1. The van der Waals surface area contributed by atoms with E-state index in [0.29, 0.717) is 17.7 Å². The van der Waals surface area contributed by atoms with Crippen LogP contribution in [0.2, 0.25) is 0 Å². The van der Waals surface area contributed by atoms with Crippen molar-refractivity contribution in [3.8, 4) is 0 Å². The Morgan fingerprint density at radius 1 is 1.44 bits per heavy atom. The summed E-state index contributed by atoms with van der Waals surface area (Å²) in [6, 6.07) is 4.98. The quantitative estimate of drug-likeness (QED) is 0.632. The van der Waals surface area contributed by atoms with E-state index >= 15 is 0 Å². The van der Waals surface area contributed by atoms with Crippen LogP contribution in [0.5, 0.6) is 0 Å². The number of nitrogens with two attached hydrogens (primary N) is 1. The molecular formula is C13H15NO3S. The standard InChI is InChI=1S/C13H15NO3S/c1-9(15)18-8-3-2-5-10-6-4-7-11(14)12(10)13(16)17/h2,4-7H,3,8,14H2,1H3,(H,16,17). The van der Waals surface area contributed by atoms with Crippen molar-refractivity contribution in [3.63, 3.8) is 0 Å². The second-order valence-corrected chi connectivity index (χ2v) is 4.92. The molecule has 0 bridgehead atoms. The van der Waals surface area contributed by atoms with Gasteiger partial charge >= 0.3 is 5.97 Å². The van der Waals surface area contributed by atoms with Gasteiger partial charge in [0.15, 0.2) is 5.12 Å². The number of thioether (sulfide) groups is 1. The number of carbonyl (C=O) groups excluding carboxylic acids is 1. The third-order valence-electron chi connectivity index (χ3n) is 2.23. The van der Waals surface area contributed by atoms with Gasteiger partial charge in [-0.2, -0.15) is 0 Å². The third kappa shape index (κ3) is 4.25. The van der Waals surface area contributed by atoms with Crippen LogP contribution >= 0.6 is 11.8 Å². The molecule has 0 saturated heterocycles. The lowest BCUT2D eigenvalue weighted by molar-refractivity contribution is -0.109. The van der Waals surface area contributed by atoms with Gasteiger partial charge < -0.3 is 10.8 Å². The number of carboxylic acid groups (broad SMARTS) is 1. The summed E-state index contributed by atoms with van der Waals surface area (Å²) in [7, 11) is 0. The van der Waals surface area contributed by atoms with E-state index in [9.17, 15) is 9.59 Å². The van der Waals surface area contributed by atoms with Crippen LogP contribution in [0.3, 0.4) is 0 Å². The van der Waals surface area contributed by atoms with E-state index in [4.69, 9.17) is 10.8 Å². The van der Waals surface area contributed by atoms with E-state index in [1.807, 2.05) is 6.08 Å². The predicted octanol–water partition coefficient (Wildman–Crippen LogP) is 2.65. The molecular weight excluding hydrogens is 250 g/mol. The highest BCUT2D eigenvalue weighted by Gasteiger charge is 2.11. The average Bonchev–Trinajstić information content (AvgIpc) is 2.27. The highest BCUT2D eigenvalue weighted by atomic mass is 32.2. The molecule has 0 atom stereocenters. The third-order valence-corrected chi connectivity index (χ3v) is 3.08. The molecule has 4 nitrogen and oxygen atoms in total. The molecule has 5 heteroatoms. The van der Waals surface area contributed by atoms with Gasteiger partial charge in [-0.1, -0.05) is 36.0 Å². The van der Waals surface area contributed by atoms with Crippen molar-refractivity contribution in [2.45, 2.75) is 13.3 Å². The highest BCUT2D eigenvalue weighted by molar-refractivity contribution is 8.13. The van der Waals surface area contributed by atoms with Crippen molar-refractivity contribution in [2.75, 3.05) is 11.5 Å². The number of carbonyl (C=O) groups is 2. The van der Waals surface area contributed by atoms with Crippen molar-refractivity contribution < 1.29 is 14.7 Å². The largest absolute Gasteiger partial charge is 0.478 e. The predicted molar refractivity (Wildman–Crippen MR) is 74.6 cm³/mol. The fourth-order valence-corrected chi connectivity index (χ4v) is 2.00. The lowest BCUT2D eigenvalue weighted by atomic mass is 10.0. The van der Waals surface area contributed by atoms with E-state index in [2.05, 4.69) is 0 Å². The lowest BCUT2D eigenvalue weighted by Gasteiger charge is -2.04. The maximum absolute atomic E-state index is 11.1. The molecule has 1 rings (SSSR count). The number of allylic oxidation sites excluding steroid dienone is 1. The smallest absolute Gasteiger partial charge is 0.338 e. The summed E-state index contributed by atoms with van der Waals surface area (Å²) in [5, 5.41) is 9.14. The molecule has 0 fully saturated rings. The Labute approximate surface area is 110 Å². The molecule has 0 saturated carbocycles. The van der Waals surface area contributed by atoms with Crippen LogP contribution in [0.15, 0.2) is 24.3 Å². The van der Waals surface area contributed by atoms with Gasteiger partial charge in [-0.3, -0.25) is 4.79 Å². The van der Waals surface area contributed by atoms with Gasteiger partial charge in [-0.05, 0) is 18.1 Å². The van der Waals surface area contributed by atoms with Crippen LogP contribution in [0.1, 0.15) is 29.3 Å². The molecule has 0 unspecified atom stereocenters. The van der Waals surface area contributed by atoms with Gasteiger partial charge in [-0.15, -0.1) is 0 Å². The second-order valence-electron chi connectivity index (χ2n) is 3.65. The SMILES string of the molecule is CC(=O)SCCC=Cc1cccc(N)c1C(=O)O. The Bertz CT molecular complexity index is 483. The van der Waals surface area contributed by atoms with Gasteiger partial charge in [0.25, 0.3) is 0 Å². The van der Waals surface area contributed by atoms with E-state index in [1.54, 1.807) is 24.3 Å². The van der Waals surface area contributed by atoms with Gasteiger partial charge in [0.05, 0.1) is 5.56 Å². The van der Waals surface area contributed by atoms with E-state index in [1.165, 1.54) is 18.7 Å². The molecule has 0 radical (unpaired) electrons. The van der Waals surface area contributed by atoms with Crippen molar-refractivity contribution >= 4 is 34.6 Å². The van der Waals surface area contributed by atoms with E-state index in [0.717, 1.165) is 0 Å². The Morgan fingerprint density at radius 2 is 2.17 bits per heavy atom. The van der Waals surface area contributed by atoms with Crippen molar-refractivity contribution in [2.24, 2.45) is 0 Å². The average molecular weight is 265 g/mol. The maximum Gasteiger partial charge on any atom is 0.338 e. The molecule has 3 N–H and O–H groups in total. The first-order chi connectivity index (χ1) is 8.52. The maximum atomic E-state index is 11.1. The summed E-state index contributed by atoms with van der Waals surface area (Å²) >= 11 is 1.25. The van der Waals surface area contributed by atoms with Gasteiger partial charge in [0, 0.05) is 18.4 Å². The zero-order valence-corrected chi connectivity index (χ0v) is 10.9. The molecule has 0 heterocycles. The van der Waals surface area contributed by atoms with Crippen molar-refractivity contribution in [1.29, 1.82) is 0 Å². The molecule has 0 aliphatic heterocycles. The summed E-state index contributed by atoms with van der Waals surface area (Å²) in [6.07, 6.45) is 4.27. The molecule has 1 aromatic carbocycles. The number of anilines is 1. The summed E-state index contributed by atoms with van der Waals surface area (Å²) < 4.78 is 0. The number of rotatable bonds is 5. The molecule has 0 aliphatic carbocycles. The minimum atomic E-state index is -1.04. The first-order valence-corrected chi connectivity index (χ1v) is 6.42. The Kier molecular flexibility index (Phi) is 5.45. The summed E-state index contributed by atoms with van der Waals surface area (Å²) in [6.45, 7) is 1.52. The zero-order chi connectivity index (χ0) is 13.5. The minimum absolute atomic E-state index is 0.0820. The molecule has 0 amide bonds. The summed E-state index contributed by atoms with van der Waals surface area (Å²) in [5.41, 5.74) is 6.58. The molecule has 1 aromatic rings. The number of aromatic carboxylic acids is 1. The van der Waals surface area contributed by atoms with Crippen molar-refractivity contribution in [1.82, 2.24) is 0 Å². The van der Waals surface area contributed by atoms with Crippen LogP contribution in [-0.4, -0.2) is 21.9 Å². The summed E-state index contributed by atoms with van der Waals surface area (Å²) in [5.74, 6) is -0.345. The lowest BCUT2D eigenvalue weighted by Crippen LogP contribution is -2.04. The molecule has 0 aromatic heterocycles. The number of nitrogen functional groups attached to an aromatic ring is 1. The van der Waals surface area contributed by atoms with Crippen LogP contribution in [-0.2, 0) is 4.79 Å². The molecule has 96 valence electrons. The van der Waals surface area contributed by atoms with Gasteiger partial charge in [0.1, 0.15) is 0 Å². The number of benzene rings is 1. The minimum Gasteiger partial charge on any atom is -0.478 e. The van der Waals surface area contributed by atoms with Crippen LogP contribution < -0.4 is 5.73 Å². The van der Waals surface area contributed by atoms with Crippen LogP contribution in [0, 0.1) is 0 Å². The first kappa shape index (κ1) is 14.3. The van der Waals surface area contributed by atoms with Crippen LogP contribution in [0.25, 0.3) is 6.08 Å². The van der Waals surface area contributed by atoms with E-state index < -0.39 is 5.97 Å². The monoisotopic (exact) mass is 265 g/mol. The van der Waals surface area contributed by atoms with Gasteiger partial charge in [-0.25, -0.2) is 4.79 Å². The Balaban J connectivity index is 2.72. The normalized spacial score (nSPS) is 10.7. The summed E-state index contributed by atoms with van der Waals surface area (Å²) in [4.78, 5) is 21.8. The highest BCUT2D eigenvalue weighted by Crippen LogP contribution is 2.18. The second kappa shape index (κ2) is 6.86. The molecule has 18 heavy (non-hydrogen) atoms. The van der Waals surface area contributed by atoms with E-state index in [-0.39, 0.29) is 16.4 Å². The Hall–Kier alpha value is -1.75. The zero-order valence-electron chi connectivity index (χ0n) is 10.1. The van der Waals surface area contributed by atoms with Crippen LogP contribution in [0.4, 0.5) is 5.69 Å². The molecule has 0 aliphatic rings. The fourth-order valence-electron chi connectivity index (χ4n) is 1.46.